The van der Waals surface area contributed by atoms with Crippen molar-refractivity contribution in [3.8, 4) is 22.5 Å². The number of aryl methyl sites for hydroxylation is 1. The van der Waals surface area contributed by atoms with Gasteiger partial charge < -0.3 is 5.11 Å². The van der Waals surface area contributed by atoms with Crippen LogP contribution in [0.3, 0.4) is 0 Å². The highest BCUT2D eigenvalue weighted by Crippen LogP contribution is 2.34. The summed E-state index contributed by atoms with van der Waals surface area (Å²) in [5, 5.41) is 24.0. The van der Waals surface area contributed by atoms with Crippen molar-refractivity contribution in [1.82, 2.24) is 34.7 Å². The predicted octanol–water partition coefficient (Wildman–Crippen LogP) is 4.10. The first-order chi connectivity index (χ1) is 18.1. The van der Waals surface area contributed by atoms with E-state index in [4.69, 9.17) is 0 Å². The number of nitrogens with one attached hydrogen (secondary N) is 1. The summed E-state index contributed by atoms with van der Waals surface area (Å²) in [4.78, 5) is 30.0. The third-order valence-corrected chi connectivity index (χ3v) is 7.31. The van der Waals surface area contributed by atoms with Gasteiger partial charge in [0.25, 0.3) is 0 Å². The lowest BCUT2D eigenvalue weighted by molar-refractivity contribution is -0.144. The second-order valence-corrected chi connectivity index (χ2v) is 9.64. The largest absolute Gasteiger partial charge is 0.481 e. The number of tetrazole rings is 1. The van der Waals surface area contributed by atoms with Gasteiger partial charge >= 0.3 is 11.7 Å². The highest BCUT2D eigenvalue weighted by atomic mass is 16.4. The minimum absolute atomic E-state index is 0.147. The Morgan fingerprint density at radius 2 is 1.92 bits per heavy atom. The molecule has 5 rings (SSSR count). The first kappa shape index (κ1) is 24.6. The third-order valence-electron chi connectivity index (χ3n) is 7.31. The van der Waals surface area contributed by atoms with Crippen molar-refractivity contribution < 1.29 is 9.90 Å². The van der Waals surface area contributed by atoms with E-state index in [9.17, 15) is 14.7 Å². The van der Waals surface area contributed by atoms with Crippen LogP contribution in [0, 0.1) is 5.92 Å². The summed E-state index contributed by atoms with van der Waals surface area (Å²) in [7, 11) is 0. The Morgan fingerprint density at radius 1 is 1.14 bits per heavy atom. The van der Waals surface area contributed by atoms with Crippen molar-refractivity contribution in [1.29, 1.82) is 0 Å². The van der Waals surface area contributed by atoms with Gasteiger partial charge in [-0.15, -0.1) is 10.2 Å². The van der Waals surface area contributed by atoms with Crippen LogP contribution in [-0.2, 0) is 17.8 Å². The monoisotopic (exact) mass is 501 g/mol. The van der Waals surface area contributed by atoms with Gasteiger partial charge in [0, 0.05) is 29.8 Å². The maximum atomic E-state index is 13.7. The number of unbranched alkanes of at least 4 members (excludes halogenated alkanes) is 1. The average molecular weight is 502 g/mol. The number of hydrogen-bond donors (Lipinski definition) is 2. The Balaban J connectivity index is 1.50. The maximum Gasteiger partial charge on any atom is 0.328 e. The van der Waals surface area contributed by atoms with Crippen LogP contribution in [0.4, 0.5) is 0 Å². The molecule has 1 aliphatic carbocycles. The number of carboxylic acid groups (broad SMARTS) is 1. The number of rotatable bonds is 9. The fourth-order valence-corrected chi connectivity index (χ4v) is 5.33. The number of nitrogens with zero attached hydrogens (tertiary/aromatic N) is 6. The number of hydrogen-bond acceptors (Lipinski definition) is 6. The molecule has 2 atom stereocenters. The lowest BCUT2D eigenvalue weighted by atomic mass is 9.84. The molecule has 192 valence electrons. The minimum Gasteiger partial charge on any atom is -0.481 e. The molecule has 1 fully saturated rings. The van der Waals surface area contributed by atoms with Crippen LogP contribution in [0.2, 0.25) is 0 Å². The molecule has 0 spiro atoms. The minimum atomic E-state index is -0.821. The molecule has 1 aliphatic rings. The first-order valence-corrected chi connectivity index (χ1v) is 12.9. The van der Waals surface area contributed by atoms with Crippen molar-refractivity contribution in [3.05, 3.63) is 70.7 Å². The molecule has 0 aliphatic heterocycles. The van der Waals surface area contributed by atoms with Crippen molar-refractivity contribution in [3.63, 3.8) is 0 Å². The Kier molecular flexibility index (Phi) is 7.25. The number of carboxylic acids is 1. The summed E-state index contributed by atoms with van der Waals surface area (Å²) in [6.45, 7) is 2.49. The van der Waals surface area contributed by atoms with Crippen molar-refractivity contribution in [2.45, 2.75) is 64.5 Å². The number of aliphatic carboxylic acids is 1. The Hall–Kier alpha value is -4.08. The quantitative estimate of drug-likeness (QED) is 0.353. The first-order valence-electron chi connectivity index (χ1n) is 12.9. The molecule has 2 N–H and O–H groups in total. The van der Waals surface area contributed by atoms with Gasteiger partial charge in [0.2, 0.25) is 5.82 Å². The standard InChI is InChI=1S/C27H31N7O3/c1-2-3-6-21-17-34(24-8-5-4-7-23(24)26(35)36)27(37)33(21)16-20-15-28-14-13-22(20)18-9-11-19(12-10-18)25-29-31-32-30-25/h9-15,17,23-24H,2-8,16H2,1H3,(H,35,36)(H,29,30,31,32). The molecule has 10 nitrogen and oxygen atoms in total. The topological polar surface area (TPSA) is 132 Å². The van der Waals surface area contributed by atoms with E-state index in [1.165, 1.54) is 0 Å². The number of carbonyl (C=O) groups is 1. The van der Waals surface area contributed by atoms with E-state index >= 15 is 0 Å². The summed E-state index contributed by atoms with van der Waals surface area (Å²) in [5.41, 5.74) is 4.53. The van der Waals surface area contributed by atoms with Crippen LogP contribution in [0.5, 0.6) is 0 Å². The molecule has 3 aromatic heterocycles. The summed E-state index contributed by atoms with van der Waals surface area (Å²) in [6, 6.07) is 9.51. The normalized spacial score (nSPS) is 17.6. The number of aromatic amines is 1. The number of aromatic nitrogens is 7. The van der Waals surface area contributed by atoms with Crippen LogP contribution < -0.4 is 5.69 Å². The second kappa shape index (κ2) is 10.9. The molecule has 0 amide bonds. The summed E-state index contributed by atoms with van der Waals surface area (Å²) >= 11 is 0. The highest BCUT2D eigenvalue weighted by Gasteiger charge is 2.34. The predicted molar refractivity (Wildman–Crippen MR) is 138 cm³/mol. The van der Waals surface area contributed by atoms with E-state index in [0.717, 1.165) is 60.1 Å². The molecule has 2 unspecified atom stereocenters. The van der Waals surface area contributed by atoms with Gasteiger partial charge in [-0.25, -0.2) is 4.79 Å². The lowest BCUT2D eigenvalue weighted by Gasteiger charge is -2.28. The van der Waals surface area contributed by atoms with Crippen LogP contribution in [0.25, 0.3) is 22.5 Å². The van der Waals surface area contributed by atoms with E-state index in [2.05, 4.69) is 32.5 Å². The molecule has 37 heavy (non-hydrogen) atoms. The highest BCUT2D eigenvalue weighted by molar-refractivity contribution is 5.71. The fourth-order valence-electron chi connectivity index (χ4n) is 5.33. The smallest absolute Gasteiger partial charge is 0.328 e. The van der Waals surface area contributed by atoms with Gasteiger partial charge in [-0.05, 0) is 53.7 Å². The molecule has 0 radical (unpaired) electrons. The summed E-state index contributed by atoms with van der Waals surface area (Å²) in [6.07, 6.45) is 11.3. The number of imidazole rings is 1. The SMILES string of the molecule is CCCCc1cn(C2CCCCC2C(=O)O)c(=O)n1Cc1cnccc1-c1ccc(-c2nn[nH]n2)cc1. The molecule has 1 aromatic carbocycles. The van der Waals surface area contributed by atoms with Crippen LogP contribution in [0.15, 0.2) is 53.7 Å². The van der Waals surface area contributed by atoms with Crippen LogP contribution >= 0.6 is 0 Å². The van der Waals surface area contributed by atoms with Crippen LogP contribution in [-0.4, -0.2) is 45.8 Å². The Labute approximate surface area is 214 Å². The molecular weight excluding hydrogens is 470 g/mol. The summed E-state index contributed by atoms with van der Waals surface area (Å²) in [5.74, 6) is -0.830. The molecule has 0 saturated heterocycles. The van der Waals surface area contributed by atoms with Crippen molar-refractivity contribution in [2.24, 2.45) is 5.92 Å². The maximum absolute atomic E-state index is 13.7. The zero-order chi connectivity index (χ0) is 25.8. The fraction of sp³-hybridized carbons (Fsp3) is 0.407. The third kappa shape index (κ3) is 5.09. The van der Waals surface area contributed by atoms with Crippen molar-refractivity contribution >= 4 is 5.97 Å². The molecule has 3 heterocycles. The Morgan fingerprint density at radius 3 is 2.65 bits per heavy atom. The van der Waals surface area contributed by atoms with Gasteiger partial charge in [0.15, 0.2) is 0 Å². The van der Waals surface area contributed by atoms with Gasteiger partial charge in [0.05, 0.1) is 18.5 Å². The zero-order valence-electron chi connectivity index (χ0n) is 20.9. The van der Waals surface area contributed by atoms with Crippen LogP contribution in [0.1, 0.15) is 62.7 Å². The van der Waals surface area contributed by atoms with E-state index in [-0.39, 0.29) is 11.7 Å². The lowest BCUT2D eigenvalue weighted by Crippen LogP contribution is -2.36. The Bertz CT molecular complexity index is 1410. The van der Waals surface area contributed by atoms with E-state index in [1.54, 1.807) is 21.5 Å². The molecule has 4 aromatic rings. The zero-order valence-corrected chi connectivity index (χ0v) is 20.9. The van der Waals surface area contributed by atoms with Gasteiger partial charge in [0.1, 0.15) is 0 Å². The number of pyridine rings is 1. The second-order valence-electron chi connectivity index (χ2n) is 9.64. The van der Waals surface area contributed by atoms with E-state index in [0.29, 0.717) is 25.2 Å². The van der Waals surface area contributed by atoms with Gasteiger partial charge in [-0.2, -0.15) is 5.21 Å². The van der Waals surface area contributed by atoms with E-state index in [1.807, 2.05) is 36.5 Å². The number of H-pyrrole nitrogens is 1. The van der Waals surface area contributed by atoms with Gasteiger partial charge in [-0.3, -0.25) is 18.9 Å². The molecule has 0 bridgehead atoms. The molecule has 10 heteroatoms. The van der Waals surface area contributed by atoms with Crippen molar-refractivity contribution in [2.75, 3.05) is 0 Å². The average Bonchev–Trinajstić information content (AvgIpc) is 3.57. The summed E-state index contributed by atoms with van der Waals surface area (Å²) < 4.78 is 3.50. The molecule has 1 saturated carbocycles. The number of benzene rings is 1. The molecular formula is C27H31N7O3. The van der Waals surface area contributed by atoms with Gasteiger partial charge in [-0.1, -0.05) is 50.5 Å². The van der Waals surface area contributed by atoms with E-state index < -0.39 is 11.9 Å².